The molecule has 10 heteroatoms. The second kappa shape index (κ2) is 11.6. The van der Waals surface area contributed by atoms with Gasteiger partial charge >= 0.3 is 0 Å². The van der Waals surface area contributed by atoms with Gasteiger partial charge in [-0.25, -0.2) is 13.1 Å². The molecule has 0 radical (unpaired) electrons. The third-order valence-corrected chi connectivity index (χ3v) is 8.72. The van der Waals surface area contributed by atoms with Gasteiger partial charge in [0.05, 0.1) is 50.7 Å². The Morgan fingerprint density at radius 2 is 1.85 bits per heavy atom. The summed E-state index contributed by atoms with van der Waals surface area (Å²) < 4.78 is 31.5. The molecule has 0 aliphatic heterocycles. The number of para-hydroxylation sites is 1. The number of benzene rings is 2. The van der Waals surface area contributed by atoms with Crippen LogP contribution in [-0.4, -0.2) is 35.9 Å². The van der Waals surface area contributed by atoms with E-state index in [1.807, 2.05) is 65.3 Å². The van der Waals surface area contributed by atoms with Crippen molar-refractivity contribution < 1.29 is 12.8 Å². The first-order valence-corrected chi connectivity index (χ1v) is 15.3. The maximum atomic E-state index is 12.1. The number of aromatic nitrogens is 2. The van der Waals surface area contributed by atoms with E-state index >= 15 is 0 Å². The lowest BCUT2D eigenvalue weighted by Gasteiger charge is -2.18. The van der Waals surface area contributed by atoms with Gasteiger partial charge in [-0.3, -0.25) is 4.90 Å². The lowest BCUT2D eigenvalue weighted by molar-refractivity contribution is 0.237. The quantitative estimate of drug-likeness (QED) is 0.181. The summed E-state index contributed by atoms with van der Waals surface area (Å²) in [5, 5.41) is 14.7. The van der Waals surface area contributed by atoms with Crippen molar-refractivity contribution in [3.63, 3.8) is 0 Å². The van der Waals surface area contributed by atoms with Crippen LogP contribution in [0.3, 0.4) is 0 Å². The Morgan fingerprint density at radius 1 is 1.03 bits per heavy atom. The first kappa shape index (κ1) is 26.9. The fourth-order valence-corrected chi connectivity index (χ4v) is 6.16. The summed E-state index contributed by atoms with van der Waals surface area (Å²) in [4.78, 5) is 4.31. The second-order valence-electron chi connectivity index (χ2n) is 9.05. The minimum atomic E-state index is -3.32. The van der Waals surface area contributed by atoms with E-state index in [2.05, 4.69) is 11.0 Å². The molecule has 2 aromatic carbocycles. The van der Waals surface area contributed by atoms with Crippen molar-refractivity contribution >= 4 is 32.8 Å². The van der Waals surface area contributed by atoms with Crippen LogP contribution in [0, 0.1) is 11.3 Å². The van der Waals surface area contributed by atoms with Gasteiger partial charge in [0.1, 0.15) is 5.76 Å². The highest BCUT2D eigenvalue weighted by Crippen LogP contribution is 2.37. The van der Waals surface area contributed by atoms with Crippen LogP contribution in [0.15, 0.2) is 94.4 Å². The molecule has 0 amide bonds. The number of nitrogens with zero attached hydrogens (tertiary/aromatic N) is 4. The zero-order valence-corrected chi connectivity index (χ0v) is 23.5. The molecule has 39 heavy (non-hydrogen) atoms. The monoisotopic (exact) mass is 576 g/mol. The van der Waals surface area contributed by atoms with Gasteiger partial charge < -0.3 is 4.42 Å². The highest BCUT2D eigenvalue weighted by atomic mass is 35.5. The molecule has 3 aromatic heterocycles. The average molecular weight is 577 g/mol. The molecule has 5 aromatic rings. The lowest BCUT2D eigenvalue weighted by Crippen LogP contribution is -2.24. The Kier molecular flexibility index (Phi) is 8.00. The minimum absolute atomic E-state index is 0.285. The van der Waals surface area contributed by atoms with Gasteiger partial charge in [0.15, 0.2) is 9.84 Å². The van der Waals surface area contributed by atoms with Crippen LogP contribution in [0.25, 0.3) is 26.7 Å². The van der Waals surface area contributed by atoms with Crippen LogP contribution in [0.1, 0.15) is 17.9 Å². The van der Waals surface area contributed by atoms with E-state index in [1.165, 1.54) is 6.26 Å². The number of thiophene rings is 1. The van der Waals surface area contributed by atoms with E-state index in [0.717, 1.165) is 38.2 Å². The van der Waals surface area contributed by atoms with Gasteiger partial charge in [0.2, 0.25) is 0 Å². The van der Waals surface area contributed by atoms with Gasteiger partial charge in [-0.2, -0.15) is 10.4 Å². The van der Waals surface area contributed by atoms with Crippen molar-refractivity contribution in [1.82, 2.24) is 14.7 Å². The maximum absolute atomic E-state index is 12.1. The van der Waals surface area contributed by atoms with Crippen LogP contribution in [0.2, 0.25) is 5.02 Å². The molecule has 0 saturated carbocycles. The molecular formula is C29H25ClN4O3S2. The van der Waals surface area contributed by atoms with Crippen molar-refractivity contribution in [3.05, 3.63) is 102 Å². The predicted molar refractivity (Wildman–Crippen MR) is 153 cm³/mol. The van der Waals surface area contributed by atoms with E-state index in [-0.39, 0.29) is 4.90 Å². The molecule has 0 bridgehead atoms. The molecule has 0 N–H and O–H groups in total. The zero-order valence-electron chi connectivity index (χ0n) is 21.1. The van der Waals surface area contributed by atoms with Gasteiger partial charge in [-0.05, 0) is 60.2 Å². The van der Waals surface area contributed by atoms with Crippen LogP contribution in [0.4, 0.5) is 0 Å². The molecule has 0 atom stereocenters. The summed E-state index contributed by atoms with van der Waals surface area (Å²) in [5.41, 5.74) is 3.28. The summed E-state index contributed by atoms with van der Waals surface area (Å²) in [6.07, 6.45) is 3.24. The Labute approximate surface area is 236 Å². The summed E-state index contributed by atoms with van der Waals surface area (Å²) in [6.45, 7) is 1.65. The van der Waals surface area contributed by atoms with E-state index < -0.39 is 9.84 Å². The van der Waals surface area contributed by atoms with E-state index in [4.69, 9.17) is 21.1 Å². The van der Waals surface area contributed by atoms with Crippen LogP contribution >= 0.6 is 22.9 Å². The molecule has 0 saturated heterocycles. The van der Waals surface area contributed by atoms with Crippen molar-refractivity contribution in [2.45, 2.75) is 24.4 Å². The number of halogens is 1. The summed E-state index contributed by atoms with van der Waals surface area (Å²) >= 11 is 8.14. The predicted octanol–water partition coefficient (Wildman–Crippen LogP) is 6.83. The van der Waals surface area contributed by atoms with Gasteiger partial charge in [0.25, 0.3) is 0 Å². The Hall–Kier alpha value is -3.68. The molecule has 3 heterocycles. The van der Waals surface area contributed by atoms with Gasteiger partial charge in [-0.1, -0.05) is 35.9 Å². The Bertz CT molecular complexity index is 1730. The molecule has 7 nitrogen and oxygen atoms in total. The molecule has 5 rings (SSSR count). The molecular weight excluding hydrogens is 552 g/mol. The van der Waals surface area contributed by atoms with Gasteiger partial charge in [0, 0.05) is 30.6 Å². The molecule has 0 aliphatic carbocycles. The molecule has 198 valence electrons. The standard InChI is InChI=1S/C29H25ClN4O3S2/c1-39(35,36)24-9-4-7-21(17-24)28-12-13-29(38-28)27-18-22(32-34(27)26-11-3-2-10-25(26)30)19-33(15-6-14-31)20-23-8-5-16-37-23/h2-5,7-13,16-18H,6,15,19-20H2,1H3. The lowest BCUT2D eigenvalue weighted by atomic mass is 10.2. The number of furan rings is 1. The third kappa shape index (κ3) is 6.32. The number of sulfone groups is 1. The van der Waals surface area contributed by atoms with E-state index in [9.17, 15) is 13.7 Å². The van der Waals surface area contributed by atoms with Crippen LogP contribution < -0.4 is 0 Å². The Morgan fingerprint density at radius 3 is 2.59 bits per heavy atom. The van der Waals surface area contributed by atoms with Crippen LogP contribution in [-0.2, 0) is 22.9 Å². The van der Waals surface area contributed by atoms with Crippen molar-refractivity contribution in [1.29, 1.82) is 5.26 Å². The summed E-state index contributed by atoms with van der Waals surface area (Å²) in [6, 6.07) is 26.5. The fourth-order valence-electron chi connectivity index (χ4n) is 4.27. The van der Waals surface area contributed by atoms with Crippen molar-refractivity contribution in [3.8, 4) is 32.8 Å². The number of hydrogen-bond donors (Lipinski definition) is 0. The van der Waals surface area contributed by atoms with Crippen molar-refractivity contribution in [2.75, 3.05) is 12.8 Å². The van der Waals surface area contributed by atoms with Crippen LogP contribution in [0.5, 0.6) is 0 Å². The highest BCUT2D eigenvalue weighted by molar-refractivity contribution is 7.90. The number of hydrogen-bond acceptors (Lipinski definition) is 7. The minimum Gasteiger partial charge on any atom is -0.468 e. The summed E-state index contributed by atoms with van der Waals surface area (Å²) in [7, 11) is -3.32. The SMILES string of the molecule is CS(=O)(=O)c1cccc(-c2ccc(-c3cc(CN(CCC#N)Cc4ccco4)nn3-c3ccccc3Cl)s2)c1. The van der Waals surface area contributed by atoms with Crippen molar-refractivity contribution in [2.24, 2.45) is 0 Å². The first-order chi connectivity index (χ1) is 18.8. The van der Waals surface area contributed by atoms with Gasteiger partial charge in [-0.15, -0.1) is 11.3 Å². The zero-order chi connectivity index (χ0) is 27.4. The van der Waals surface area contributed by atoms with E-state index in [1.54, 1.807) is 35.8 Å². The fraction of sp³-hybridized carbons (Fsp3) is 0.172. The third-order valence-electron chi connectivity index (χ3n) is 6.13. The summed E-state index contributed by atoms with van der Waals surface area (Å²) in [5.74, 6) is 0.818. The molecule has 0 fully saturated rings. The normalized spacial score (nSPS) is 11.6. The molecule has 0 unspecified atom stereocenters. The smallest absolute Gasteiger partial charge is 0.175 e. The second-order valence-corrected chi connectivity index (χ2v) is 12.6. The average Bonchev–Trinajstić information content (AvgIpc) is 3.68. The molecule has 0 spiro atoms. The number of nitriles is 1. The highest BCUT2D eigenvalue weighted by Gasteiger charge is 2.19. The Balaban J connectivity index is 1.53. The largest absolute Gasteiger partial charge is 0.468 e. The molecule has 0 aliphatic rings. The number of rotatable bonds is 10. The first-order valence-electron chi connectivity index (χ1n) is 12.2. The maximum Gasteiger partial charge on any atom is 0.175 e. The van der Waals surface area contributed by atoms with E-state index in [0.29, 0.717) is 31.1 Å². The topological polar surface area (TPSA) is 92.1 Å².